The van der Waals surface area contributed by atoms with E-state index in [0.29, 0.717) is 18.8 Å². The number of rotatable bonds is 3. The lowest BCUT2D eigenvalue weighted by Gasteiger charge is -2.36. The molecule has 4 N–H and O–H groups in total. The predicted octanol–water partition coefficient (Wildman–Crippen LogP) is 1.30. The van der Waals surface area contributed by atoms with E-state index in [1.807, 2.05) is 12.4 Å². The second kappa shape index (κ2) is 4.72. The van der Waals surface area contributed by atoms with Crippen LogP contribution in [0.1, 0.15) is 57.3 Å². The highest BCUT2D eigenvalue weighted by Gasteiger charge is 2.38. The predicted molar refractivity (Wildman–Crippen MR) is 69.9 cm³/mol. The molecule has 0 spiro atoms. The standard InChI is InChI=1S/C13H22N4O/c1-9(2)11-16-6-7-17(11)10-4-3-5-13(15,8-10)12(14)18/h6-7,9-10H,3-5,8,15H2,1-2H3,(H2,14,18). The van der Waals surface area contributed by atoms with E-state index in [1.165, 1.54) is 0 Å². The van der Waals surface area contributed by atoms with Crippen LogP contribution in [0.3, 0.4) is 0 Å². The molecule has 1 aliphatic rings. The summed E-state index contributed by atoms with van der Waals surface area (Å²) >= 11 is 0. The van der Waals surface area contributed by atoms with Crippen LogP contribution in [0.25, 0.3) is 0 Å². The van der Waals surface area contributed by atoms with Gasteiger partial charge in [0, 0.05) is 24.4 Å². The maximum Gasteiger partial charge on any atom is 0.237 e. The Bertz CT molecular complexity index is 440. The van der Waals surface area contributed by atoms with Gasteiger partial charge in [0.1, 0.15) is 5.82 Å². The van der Waals surface area contributed by atoms with E-state index < -0.39 is 11.4 Å². The van der Waals surface area contributed by atoms with Crippen molar-refractivity contribution in [3.8, 4) is 0 Å². The van der Waals surface area contributed by atoms with Gasteiger partial charge in [-0.1, -0.05) is 13.8 Å². The average molecular weight is 250 g/mol. The van der Waals surface area contributed by atoms with Crippen LogP contribution >= 0.6 is 0 Å². The number of imidazole rings is 1. The van der Waals surface area contributed by atoms with Crippen LogP contribution in [-0.2, 0) is 4.79 Å². The third-order valence-corrected chi connectivity index (χ3v) is 3.86. The van der Waals surface area contributed by atoms with Crippen molar-refractivity contribution in [1.82, 2.24) is 9.55 Å². The fourth-order valence-corrected chi connectivity index (χ4v) is 2.82. The van der Waals surface area contributed by atoms with E-state index >= 15 is 0 Å². The summed E-state index contributed by atoms with van der Waals surface area (Å²) in [7, 11) is 0. The smallest absolute Gasteiger partial charge is 0.237 e. The number of primary amides is 1. The molecule has 2 rings (SSSR count). The summed E-state index contributed by atoms with van der Waals surface area (Å²) in [5.74, 6) is 1.02. The molecule has 1 fully saturated rings. The molecular weight excluding hydrogens is 228 g/mol. The SMILES string of the molecule is CC(C)c1nccn1C1CCCC(N)(C(N)=O)C1. The molecule has 100 valence electrons. The number of aromatic nitrogens is 2. The first-order valence-corrected chi connectivity index (χ1v) is 6.55. The van der Waals surface area contributed by atoms with Gasteiger partial charge in [-0.25, -0.2) is 4.98 Å². The van der Waals surface area contributed by atoms with Crippen molar-refractivity contribution in [1.29, 1.82) is 0 Å². The minimum absolute atomic E-state index is 0.233. The van der Waals surface area contributed by atoms with Crippen molar-refractivity contribution in [2.24, 2.45) is 11.5 Å². The first kappa shape index (κ1) is 13.1. The Hall–Kier alpha value is -1.36. The summed E-state index contributed by atoms with van der Waals surface area (Å²) in [5.41, 5.74) is 10.7. The summed E-state index contributed by atoms with van der Waals surface area (Å²) in [4.78, 5) is 15.9. The number of hydrogen-bond acceptors (Lipinski definition) is 3. The van der Waals surface area contributed by atoms with E-state index in [9.17, 15) is 4.79 Å². The molecule has 0 radical (unpaired) electrons. The highest BCUT2D eigenvalue weighted by molar-refractivity contribution is 5.84. The second-order valence-corrected chi connectivity index (χ2v) is 5.62. The van der Waals surface area contributed by atoms with Gasteiger partial charge in [-0.05, 0) is 25.7 Å². The Kier molecular flexibility index (Phi) is 3.43. The van der Waals surface area contributed by atoms with Crippen LogP contribution in [-0.4, -0.2) is 21.0 Å². The molecule has 2 unspecified atom stereocenters. The zero-order valence-corrected chi connectivity index (χ0v) is 11.1. The number of hydrogen-bond donors (Lipinski definition) is 2. The molecule has 2 atom stereocenters. The first-order chi connectivity index (χ1) is 8.44. The summed E-state index contributed by atoms with van der Waals surface area (Å²) in [6, 6.07) is 0.233. The van der Waals surface area contributed by atoms with Crippen molar-refractivity contribution in [3.05, 3.63) is 18.2 Å². The first-order valence-electron chi connectivity index (χ1n) is 6.55. The minimum Gasteiger partial charge on any atom is -0.368 e. The van der Waals surface area contributed by atoms with E-state index in [4.69, 9.17) is 11.5 Å². The lowest BCUT2D eigenvalue weighted by atomic mass is 9.79. The van der Waals surface area contributed by atoms with Gasteiger partial charge in [0.15, 0.2) is 0 Å². The van der Waals surface area contributed by atoms with Gasteiger partial charge in [0.05, 0.1) is 5.54 Å². The van der Waals surface area contributed by atoms with Gasteiger partial charge in [0.25, 0.3) is 0 Å². The molecule has 0 aliphatic heterocycles. The number of carbonyl (C=O) groups is 1. The van der Waals surface area contributed by atoms with E-state index in [0.717, 1.165) is 18.7 Å². The summed E-state index contributed by atoms with van der Waals surface area (Å²) in [6.45, 7) is 4.23. The van der Waals surface area contributed by atoms with Crippen LogP contribution < -0.4 is 11.5 Å². The molecular formula is C13H22N4O. The molecule has 1 heterocycles. The van der Waals surface area contributed by atoms with Gasteiger partial charge in [-0.3, -0.25) is 4.79 Å². The number of nitrogens with zero attached hydrogens (tertiary/aromatic N) is 2. The van der Waals surface area contributed by atoms with Gasteiger partial charge < -0.3 is 16.0 Å². The van der Waals surface area contributed by atoms with Gasteiger partial charge in [-0.2, -0.15) is 0 Å². The molecule has 0 saturated heterocycles. The largest absolute Gasteiger partial charge is 0.368 e. The third-order valence-electron chi connectivity index (χ3n) is 3.86. The zero-order valence-electron chi connectivity index (χ0n) is 11.1. The quantitative estimate of drug-likeness (QED) is 0.847. The molecule has 0 aromatic carbocycles. The van der Waals surface area contributed by atoms with E-state index in [-0.39, 0.29) is 6.04 Å². The lowest BCUT2D eigenvalue weighted by Crippen LogP contribution is -2.54. The molecule has 1 aliphatic carbocycles. The molecule has 1 saturated carbocycles. The van der Waals surface area contributed by atoms with Gasteiger partial charge in [0.2, 0.25) is 5.91 Å². The maximum absolute atomic E-state index is 11.5. The van der Waals surface area contributed by atoms with Crippen molar-refractivity contribution in [2.45, 2.75) is 57.0 Å². The topological polar surface area (TPSA) is 86.9 Å². The average Bonchev–Trinajstić information content (AvgIpc) is 2.77. The normalized spacial score (nSPS) is 28.6. The molecule has 1 aromatic rings. The maximum atomic E-state index is 11.5. The van der Waals surface area contributed by atoms with E-state index in [1.54, 1.807) is 0 Å². The molecule has 1 amide bonds. The van der Waals surface area contributed by atoms with Crippen LogP contribution in [0.4, 0.5) is 0 Å². The van der Waals surface area contributed by atoms with Crippen molar-refractivity contribution in [2.75, 3.05) is 0 Å². The van der Waals surface area contributed by atoms with Crippen LogP contribution in [0.5, 0.6) is 0 Å². The Morgan fingerprint density at radius 3 is 2.94 bits per heavy atom. The fraction of sp³-hybridized carbons (Fsp3) is 0.692. The van der Waals surface area contributed by atoms with Crippen molar-refractivity contribution >= 4 is 5.91 Å². The van der Waals surface area contributed by atoms with E-state index in [2.05, 4.69) is 23.4 Å². The number of amides is 1. The summed E-state index contributed by atoms with van der Waals surface area (Å²) in [5, 5.41) is 0. The monoisotopic (exact) mass is 250 g/mol. The Balaban J connectivity index is 2.23. The second-order valence-electron chi connectivity index (χ2n) is 5.62. The van der Waals surface area contributed by atoms with Crippen LogP contribution in [0, 0.1) is 0 Å². The zero-order chi connectivity index (χ0) is 13.3. The summed E-state index contributed by atoms with van der Waals surface area (Å²) in [6.07, 6.45) is 7.05. The molecule has 0 bridgehead atoms. The van der Waals surface area contributed by atoms with Gasteiger partial charge in [-0.15, -0.1) is 0 Å². The Morgan fingerprint density at radius 2 is 2.33 bits per heavy atom. The summed E-state index contributed by atoms with van der Waals surface area (Å²) < 4.78 is 2.16. The molecule has 18 heavy (non-hydrogen) atoms. The van der Waals surface area contributed by atoms with Crippen LogP contribution in [0.2, 0.25) is 0 Å². The number of nitrogens with two attached hydrogens (primary N) is 2. The third kappa shape index (κ3) is 2.27. The minimum atomic E-state index is -0.860. The van der Waals surface area contributed by atoms with Gasteiger partial charge >= 0.3 is 0 Å². The van der Waals surface area contributed by atoms with Crippen molar-refractivity contribution in [3.63, 3.8) is 0 Å². The van der Waals surface area contributed by atoms with Crippen LogP contribution in [0.15, 0.2) is 12.4 Å². The Morgan fingerprint density at radius 1 is 1.61 bits per heavy atom. The molecule has 1 aromatic heterocycles. The number of carbonyl (C=O) groups excluding carboxylic acids is 1. The Labute approximate surface area is 108 Å². The van der Waals surface area contributed by atoms with Crippen molar-refractivity contribution < 1.29 is 4.79 Å². The highest BCUT2D eigenvalue weighted by Crippen LogP contribution is 2.35. The molecule has 5 heteroatoms. The fourth-order valence-electron chi connectivity index (χ4n) is 2.82. The lowest BCUT2D eigenvalue weighted by molar-refractivity contribution is -0.124. The molecule has 5 nitrogen and oxygen atoms in total. The highest BCUT2D eigenvalue weighted by atomic mass is 16.1.